The number of methoxy groups -OCH3 is 2. The number of H-pyrrole nitrogens is 1. The van der Waals surface area contributed by atoms with E-state index in [9.17, 15) is 4.79 Å². The third-order valence-corrected chi connectivity index (χ3v) is 4.67. The lowest BCUT2D eigenvalue weighted by Crippen LogP contribution is -2.14. The van der Waals surface area contributed by atoms with Crippen LogP contribution in [0.25, 0.3) is 11.3 Å². The molecule has 0 fully saturated rings. The average Bonchev–Trinajstić information content (AvgIpc) is 3.08. The smallest absolute Gasteiger partial charge is 0.255 e. The number of hydrogen-bond donors (Lipinski definition) is 2. The van der Waals surface area contributed by atoms with Crippen molar-refractivity contribution in [3.05, 3.63) is 58.7 Å². The second-order valence-corrected chi connectivity index (χ2v) is 7.49. The summed E-state index contributed by atoms with van der Waals surface area (Å²) >= 11 is 6.04. The largest absolute Gasteiger partial charge is 0.493 e. The van der Waals surface area contributed by atoms with Gasteiger partial charge in [-0.2, -0.15) is 5.10 Å². The number of amides is 1. The Morgan fingerprint density at radius 1 is 1.14 bits per heavy atom. The van der Waals surface area contributed by atoms with E-state index < -0.39 is 0 Å². The minimum atomic E-state index is -0.249. The summed E-state index contributed by atoms with van der Waals surface area (Å²) in [6.07, 6.45) is 0.742. The second-order valence-electron chi connectivity index (χ2n) is 7.06. The van der Waals surface area contributed by atoms with E-state index in [2.05, 4.69) is 29.4 Å². The van der Waals surface area contributed by atoms with Gasteiger partial charge < -0.3 is 14.8 Å². The van der Waals surface area contributed by atoms with E-state index in [0.717, 1.165) is 17.7 Å². The fraction of sp³-hybridized carbons (Fsp3) is 0.273. The number of halogens is 1. The lowest BCUT2D eigenvalue weighted by atomic mass is 10.0. The van der Waals surface area contributed by atoms with Crippen molar-refractivity contribution in [2.75, 3.05) is 19.5 Å². The molecule has 1 heterocycles. The van der Waals surface area contributed by atoms with Gasteiger partial charge >= 0.3 is 0 Å². The Labute approximate surface area is 175 Å². The maximum atomic E-state index is 12.9. The summed E-state index contributed by atoms with van der Waals surface area (Å²) in [5.74, 6) is 1.35. The Morgan fingerprint density at radius 2 is 1.90 bits per heavy atom. The SMILES string of the molecule is COc1ccc(-c2n[nH]c(CC(C)C)c2NC(=O)c2cccc(Cl)c2)cc1OC. The Kier molecular flexibility index (Phi) is 6.44. The zero-order valence-electron chi connectivity index (χ0n) is 16.9. The maximum Gasteiger partial charge on any atom is 0.255 e. The van der Waals surface area contributed by atoms with Crippen molar-refractivity contribution in [2.45, 2.75) is 20.3 Å². The highest BCUT2D eigenvalue weighted by Crippen LogP contribution is 2.36. The number of ether oxygens (including phenoxy) is 2. The van der Waals surface area contributed by atoms with Crippen LogP contribution >= 0.6 is 11.6 Å². The van der Waals surface area contributed by atoms with Crippen molar-refractivity contribution >= 4 is 23.2 Å². The van der Waals surface area contributed by atoms with Gasteiger partial charge in [0, 0.05) is 16.1 Å². The standard InChI is InChI=1S/C22H24ClN3O3/c1-13(2)10-17-21(24-22(27)15-6-5-7-16(23)11-15)20(26-25-17)14-8-9-18(28-3)19(12-14)29-4/h5-9,11-13H,10H2,1-4H3,(H,24,27)(H,25,26). The van der Waals surface area contributed by atoms with Crippen LogP contribution in [0.4, 0.5) is 5.69 Å². The summed E-state index contributed by atoms with van der Waals surface area (Å²) in [5, 5.41) is 11.1. The highest BCUT2D eigenvalue weighted by molar-refractivity contribution is 6.31. The summed E-state index contributed by atoms with van der Waals surface area (Å²) in [7, 11) is 3.17. The second kappa shape index (κ2) is 9.01. The Hall–Kier alpha value is -2.99. The number of benzene rings is 2. The van der Waals surface area contributed by atoms with Crippen molar-refractivity contribution < 1.29 is 14.3 Å². The van der Waals surface area contributed by atoms with E-state index in [4.69, 9.17) is 21.1 Å². The van der Waals surface area contributed by atoms with Crippen LogP contribution in [0.15, 0.2) is 42.5 Å². The van der Waals surface area contributed by atoms with Crippen LogP contribution < -0.4 is 14.8 Å². The molecule has 152 valence electrons. The quantitative estimate of drug-likeness (QED) is 0.558. The van der Waals surface area contributed by atoms with Gasteiger partial charge in [-0.05, 0) is 48.7 Å². The van der Waals surface area contributed by atoms with Crippen molar-refractivity contribution in [3.63, 3.8) is 0 Å². The fourth-order valence-electron chi connectivity index (χ4n) is 3.08. The van der Waals surface area contributed by atoms with Gasteiger partial charge in [-0.15, -0.1) is 0 Å². The van der Waals surface area contributed by atoms with E-state index in [1.807, 2.05) is 18.2 Å². The molecule has 2 aromatic carbocycles. The summed E-state index contributed by atoms with van der Waals surface area (Å²) in [6, 6.07) is 12.4. The number of hydrogen-bond acceptors (Lipinski definition) is 4. The molecule has 0 saturated carbocycles. The van der Waals surface area contributed by atoms with Crippen molar-refractivity contribution in [2.24, 2.45) is 5.92 Å². The number of carbonyl (C=O) groups is 1. The van der Waals surface area contributed by atoms with E-state index in [1.165, 1.54) is 0 Å². The number of rotatable bonds is 7. The van der Waals surface area contributed by atoms with Gasteiger partial charge in [-0.25, -0.2) is 0 Å². The molecule has 29 heavy (non-hydrogen) atoms. The van der Waals surface area contributed by atoms with Gasteiger partial charge in [0.05, 0.1) is 25.6 Å². The molecule has 0 radical (unpaired) electrons. The third kappa shape index (κ3) is 4.71. The molecule has 0 saturated heterocycles. The zero-order valence-corrected chi connectivity index (χ0v) is 17.6. The molecular weight excluding hydrogens is 390 g/mol. The Morgan fingerprint density at radius 3 is 2.55 bits per heavy atom. The molecule has 0 bridgehead atoms. The number of aromatic nitrogens is 2. The third-order valence-electron chi connectivity index (χ3n) is 4.44. The minimum Gasteiger partial charge on any atom is -0.493 e. The molecule has 0 aliphatic heterocycles. The molecule has 0 aliphatic rings. The lowest BCUT2D eigenvalue weighted by Gasteiger charge is -2.12. The van der Waals surface area contributed by atoms with Crippen LogP contribution in [0.3, 0.4) is 0 Å². The molecule has 7 heteroatoms. The predicted octanol–water partition coefficient (Wildman–Crippen LogP) is 5.20. The van der Waals surface area contributed by atoms with E-state index in [1.54, 1.807) is 38.5 Å². The van der Waals surface area contributed by atoms with E-state index in [-0.39, 0.29) is 5.91 Å². The summed E-state index contributed by atoms with van der Waals surface area (Å²) in [5.41, 5.74) is 3.43. The first kappa shape index (κ1) is 20.7. The molecule has 3 aromatic rings. The number of aromatic amines is 1. The Balaban J connectivity index is 2.02. The molecule has 0 spiro atoms. The highest BCUT2D eigenvalue weighted by Gasteiger charge is 2.20. The predicted molar refractivity (Wildman–Crippen MR) is 115 cm³/mol. The number of nitrogens with zero attached hydrogens (tertiary/aromatic N) is 1. The molecule has 0 aliphatic carbocycles. The zero-order chi connectivity index (χ0) is 21.0. The normalized spacial score (nSPS) is 10.8. The van der Waals surface area contributed by atoms with Crippen LogP contribution in [-0.4, -0.2) is 30.3 Å². The molecule has 1 amide bonds. The van der Waals surface area contributed by atoms with Gasteiger partial charge in [0.15, 0.2) is 11.5 Å². The average molecular weight is 414 g/mol. The van der Waals surface area contributed by atoms with E-state index in [0.29, 0.717) is 39.4 Å². The topological polar surface area (TPSA) is 76.2 Å². The summed E-state index contributed by atoms with van der Waals surface area (Å²) in [6.45, 7) is 4.22. The molecule has 3 rings (SSSR count). The van der Waals surface area contributed by atoms with Crippen LogP contribution in [-0.2, 0) is 6.42 Å². The van der Waals surface area contributed by atoms with Gasteiger partial charge in [0.2, 0.25) is 0 Å². The monoisotopic (exact) mass is 413 g/mol. The fourth-order valence-corrected chi connectivity index (χ4v) is 3.27. The van der Waals surface area contributed by atoms with Gasteiger partial charge in [-0.1, -0.05) is 31.5 Å². The molecule has 6 nitrogen and oxygen atoms in total. The Bertz CT molecular complexity index is 1010. The first-order valence-corrected chi connectivity index (χ1v) is 9.67. The van der Waals surface area contributed by atoms with Crippen LogP contribution in [0.1, 0.15) is 29.9 Å². The van der Waals surface area contributed by atoms with Crippen molar-refractivity contribution in [3.8, 4) is 22.8 Å². The van der Waals surface area contributed by atoms with Crippen LogP contribution in [0.2, 0.25) is 5.02 Å². The molecule has 2 N–H and O–H groups in total. The molecular formula is C22H24ClN3O3. The maximum absolute atomic E-state index is 12.9. The highest BCUT2D eigenvalue weighted by atomic mass is 35.5. The van der Waals surface area contributed by atoms with Gasteiger partial charge in [0.25, 0.3) is 5.91 Å². The van der Waals surface area contributed by atoms with Crippen LogP contribution in [0, 0.1) is 5.92 Å². The summed E-state index contributed by atoms with van der Waals surface area (Å²) < 4.78 is 10.7. The first-order chi connectivity index (χ1) is 13.9. The number of anilines is 1. The van der Waals surface area contributed by atoms with Gasteiger partial charge in [-0.3, -0.25) is 9.89 Å². The molecule has 0 atom stereocenters. The van der Waals surface area contributed by atoms with Crippen molar-refractivity contribution in [1.82, 2.24) is 10.2 Å². The van der Waals surface area contributed by atoms with E-state index >= 15 is 0 Å². The number of carbonyl (C=O) groups excluding carboxylic acids is 1. The number of nitrogens with one attached hydrogen (secondary N) is 2. The lowest BCUT2D eigenvalue weighted by molar-refractivity contribution is 0.102. The van der Waals surface area contributed by atoms with Crippen LogP contribution in [0.5, 0.6) is 11.5 Å². The van der Waals surface area contributed by atoms with Gasteiger partial charge in [0.1, 0.15) is 5.69 Å². The van der Waals surface area contributed by atoms with Crippen molar-refractivity contribution in [1.29, 1.82) is 0 Å². The molecule has 1 aromatic heterocycles. The summed E-state index contributed by atoms with van der Waals surface area (Å²) in [4.78, 5) is 12.9. The molecule has 0 unspecified atom stereocenters. The first-order valence-electron chi connectivity index (χ1n) is 9.29. The minimum absolute atomic E-state index is 0.249.